The van der Waals surface area contributed by atoms with Crippen LogP contribution in [-0.4, -0.2) is 23.9 Å². The molecule has 2 N–H and O–H groups in total. The van der Waals surface area contributed by atoms with E-state index in [1.165, 1.54) is 6.07 Å². The molecule has 116 valence electrons. The van der Waals surface area contributed by atoms with Crippen molar-refractivity contribution in [3.63, 3.8) is 0 Å². The topological polar surface area (TPSA) is 84.3 Å². The molecule has 1 rings (SSSR count). The van der Waals surface area contributed by atoms with Crippen LogP contribution >= 0.6 is 0 Å². The van der Waals surface area contributed by atoms with Crippen molar-refractivity contribution in [1.82, 2.24) is 10.6 Å². The third-order valence-electron chi connectivity index (χ3n) is 3.14. The van der Waals surface area contributed by atoms with Gasteiger partial charge in [0.1, 0.15) is 0 Å². The molecule has 0 radical (unpaired) electrons. The molecule has 0 spiro atoms. The van der Waals surface area contributed by atoms with Gasteiger partial charge in [0, 0.05) is 24.7 Å². The minimum absolute atomic E-state index is 0.0524. The van der Waals surface area contributed by atoms with Gasteiger partial charge in [0.15, 0.2) is 0 Å². The maximum absolute atomic E-state index is 11.6. The first-order chi connectivity index (χ1) is 10.1. The Morgan fingerprint density at radius 3 is 2.71 bits per heavy atom. The van der Waals surface area contributed by atoms with Gasteiger partial charge < -0.3 is 10.6 Å². The van der Waals surface area contributed by atoms with Gasteiger partial charge in [-0.15, -0.1) is 0 Å². The Bertz CT molecular complexity index is 477. The second-order valence-electron chi connectivity index (χ2n) is 4.92. The summed E-state index contributed by atoms with van der Waals surface area (Å²) in [6, 6.07) is 6.51. The molecule has 0 saturated heterocycles. The summed E-state index contributed by atoms with van der Waals surface area (Å²) in [5, 5.41) is 16.8. The lowest BCUT2D eigenvalue weighted by molar-refractivity contribution is -0.384. The summed E-state index contributed by atoms with van der Waals surface area (Å²) in [5.74, 6) is -0.0524. The zero-order valence-corrected chi connectivity index (χ0v) is 12.6. The Balaban J connectivity index is 2.70. The minimum Gasteiger partial charge on any atom is -0.355 e. The van der Waals surface area contributed by atoms with Crippen molar-refractivity contribution in [2.45, 2.75) is 39.2 Å². The van der Waals surface area contributed by atoms with Crippen molar-refractivity contribution in [2.75, 3.05) is 13.1 Å². The molecule has 0 fully saturated rings. The van der Waals surface area contributed by atoms with E-state index >= 15 is 0 Å². The molecule has 0 aromatic heterocycles. The van der Waals surface area contributed by atoms with E-state index in [1.807, 2.05) is 19.9 Å². The molecule has 1 atom stereocenters. The molecule has 0 aliphatic rings. The number of hydrogen-bond donors (Lipinski definition) is 2. The smallest absolute Gasteiger partial charge is 0.269 e. The summed E-state index contributed by atoms with van der Waals surface area (Å²) in [6.45, 7) is 4.92. The SMILES string of the molecule is CCCNC(=O)CNC(CCC)c1cccc([N+](=O)[O-])c1. The summed E-state index contributed by atoms with van der Waals surface area (Å²) in [7, 11) is 0. The van der Waals surface area contributed by atoms with Crippen molar-refractivity contribution < 1.29 is 9.72 Å². The molecule has 1 unspecified atom stereocenters. The minimum atomic E-state index is -0.402. The van der Waals surface area contributed by atoms with Crippen LogP contribution < -0.4 is 10.6 Å². The Hall–Kier alpha value is -1.95. The maximum Gasteiger partial charge on any atom is 0.269 e. The molecule has 0 heterocycles. The lowest BCUT2D eigenvalue weighted by Crippen LogP contribution is -2.36. The van der Waals surface area contributed by atoms with Crippen LogP contribution in [0.1, 0.15) is 44.7 Å². The number of hydrogen-bond acceptors (Lipinski definition) is 4. The number of amides is 1. The molecule has 0 aliphatic heterocycles. The second-order valence-corrected chi connectivity index (χ2v) is 4.92. The van der Waals surface area contributed by atoms with Gasteiger partial charge in [0.25, 0.3) is 5.69 Å². The molecule has 1 aromatic rings. The van der Waals surface area contributed by atoms with Crippen LogP contribution in [0.5, 0.6) is 0 Å². The number of nitro groups is 1. The molecule has 6 nitrogen and oxygen atoms in total. The standard InChI is InChI=1S/C15H23N3O3/c1-3-6-14(17-11-15(19)16-9-4-2)12-7-5-8-13(10-12)18(20)21/h5,7-8,10,14,17H,3-4,6,9,11H2,1-2H3,(H,16,19). The van der Waals surface area contributed by atoms with Gasteiger partial charge in [-0.25, -0.2) is 0 Å². The number of non-ortho nitro benzene ring substituents is 1. The van der Waals surface area contributed by atoms with Crippen LogP contribution in [0.25, 0.3) is 0 Å². The Morgan fingerprint density at radius 1 is 1.33 bits per heavy atom. The number of rotatable bonds is 9. The lowest BCUT2D eigenvalue weighted by atomic mass is 10.0. The highest BCUT2D eigenvalue weighted by Crippen LogP contribution is 2.22. The number of carbonyl (C=O) groups excluding carboxylic acids is 1. The number of nitrogens with zero attached hydrogens (tertiary/aromatic N) is 1. The van der Waals surface area contributed by atoms with Crippen LogP contribution in [0.4, 0.5) is 5.69 Å². The van der Waals surface area contributed by atoms with E-state index in [4.69, 9.17) is 0 Å². The number of nitro benzene ring substituents is 1. The fourth-order valence-electron chi connectivity index (χ4n) is 2.07. The predicted molar refractivity (Wildman–Crippen MR) is 82.0 cm³/mol. The quantitative estimate of drug-likeness (QED) is 0.541. The average molecular weight is 293 g/mol. The van der Waals surface area contributed by atoms with Crippen molar-refractivity contribution in [3.05, 3.63) is 39.9 Å². The maximum atomic E-state index is 11.6. The largest absolute Gasteiger partial charge is 0.355 e. The lowest BCUT2D eigenvalue weighted by Gasteiger charge is -2.18. The molecule has 0 aliphatic carbocycles. The Kier molecular flexibility index (Phi) is 7.39. The van der Waals surface area contributed by atoms with Gasteiger partial charge in [-0.05, 0) is 18.4 Å². The molecule has 1 aromatic carbocycles. The highest BCUT2D eigenvalue weighted by Gasteiger charge is 2.15. The molecular weight excluding hydrogens is 270 g/mol. The molecule has 6 heteroatoms. The van der Waals surface area contributed by atoms with Crippen molar-refractivity contribution >= 4 is 11.6 Å². The summed E-state index contributed by atoms with van der Waals surface area (Å²) in [5.41, 5.74) is 0.917. The highest BCUT2D eigenvalue weighted by molar-refractivity contribution is 5.78. The van der Waals surface area contributed by atoms with E-state index in [2.05, 4.69) is 10.6 Å². The van der Waals surface area contributed by atoms with Gasteiger partial charge in [-0.3, -0.25) is 14.9 Å². The van der Waals surface area contributed by atoms with E-state index in [0.29, 0.717) is 6.54 Å². The zero-order valence-electron chi connectivity index (χ0n) is 12.6. The predicted octanol–water partition coefficient (Wildman–Crippen LogP) is 2.55. The Labute approximate surface area is 125 Å². The number of carbonyl (C=O) groups is 1. The van der Waals surface area contributed by atoms with Crippen LogP contribution in [0.2, 0.25) is 0 Å². The third kappa shape index (κ3) is 5.91. The van der Waals surface area contributed by atoms with Crippen LogP contribution in [0.15, 0.2) is 24.3 Å². The summed E-state index contributed by atoms with van der Waals surface area (Å²) in [4.78, 5) is 22.1. The summed E-state index contributed by atoms with van der Waals surface area (Å²) < 4.78 is 0. The first-order valence-corrected chi connectivity index (χ1v) is 7.32. The monoisotopic (exact) mass is 293 g/mol. The second kappa shape index (κ2) is 9.07. The van der Waals surface area contributed by atoms with Gasteiger partial charge in [-0.2, -0.15) is 0 Å². The van der Waals surface area contributed by atoms with Crippen LogP contribution in [0, 0.1) is 10.1 Å². The van der Waals surface area contributed by atoms with E-state index in [0.717, 1.165) is 24.8 Å². The first kappa shape index (κ1) is 17.1. The number of nitrogens with one attached hydrogen (secondary N) is 2. The van der Waals surface area contributed by atoms with E-state index < -0.39 is 4.92 Å². The number of benzene rings is 1. The van der Waals surface area contributed by atoms with E-state index in [-0.39, 0.29) is 24.2 Å². The summed E-state index contributed by atoms with van der Waals surface area (Å²) >= 11 is 0. The first-order valence-electron chi connectivity index (χ1n) is 7.32. The molecule has 21 heavy (non-hydrogen) atoms. The molecule has 0 bridgehead atoms. The van der Waals surface area contributed by atoms with Crippen LogP contribution in [0.3, 0.4) is 0 Å². The van der Waals surface area contributed by atoms with Gasteiger partial charge in [-0.1, -0.05) is 32.4 Å². The van der Waals surface area contributed by atoms with E-state index in [1.54, 1.807) is 12.1 Å². The highest BCUT2D eigenvalue weighted by atomic mass is 16.6. The molecule has 1 amide bonds. The zero-order chi connectivity index (χ0) is 15.7. The van der Waals surface area contributed by atoms with Crippen molar-refractivity contribution in [3.8, 4) is 0 Å². The van der Waals surface area contributed by atoms with E-state index in [9.17, 15) is 14.9 Å². The fraction of sp³-hybridized carbons (Fsp3) is 0.533. The van der Waals surface area contributed by atoms with Gasteiger partial charge in [0.05, 0.1) is 11.5 Å². The molecular formula is C15H23N3O3. The fourth-order valence-corrected chi connectivity index (χ4v) is 2.07. The average Bonchev–Trinajstić information content (AvgIpc) is 2.49. The third-order valence-corrected chi connectivity index (χ3v) is 3.14. The Morgan fingerprint density at radius 2 is 2.10 bits per heavy atom. The van der Waals surface area contributed by atoms with Crippen molar-refractivity contribution in [2.24, 2.45) is 0 Å². The van der Waals surface area contributed by atoms with Gasteiger partial charge >= 0.3 is 0 Å². The van der Waals surface area contributed by atoms with Crippen molar-refractivity contribution in [1.29, 1.82) is 0 Å². The van der Waals surface area contributed by atoms with Crippen LogP contribution in [-0.2, 0) is 4.79 Å². The molecule has 0 saturated carbocycles. The summed E-state index contributed by atoms with van der Waals surface area (Å²) in [6.07, 6.45) is 2.65. The normalized spacial score (nSPS) is 11.9. The van der Waals surface area contributed by atoms with Gasteiger partial charge in [0.2, 0.25) is 5.91 Å².